The highest BCUT2D eigenvalue weighted by atomic mass is 35.5. The lowest BCUT2D eigenvalue weighted by Crippen LogP contribution is -2.18. The molecule has 140 valence electrons. The Bertz CT molecular complexity index is 950. The van der Waals surface area contributed by atoms with Crippen molar-refractivity contribution in [1.29, 1.82) is 0 Å². The number of alkyl halides is 3. The Morgan fingerprint density at radius 1 is 1.19 bits per heavy atom. The maximum atomic E-state index is 13.0. The fourth-order valence-corrected chi connectivity index (χ4v) is 2.85. The number of pyridine rings is 1. The van der Waals surface area contributed by atoms with Crippen LogP contribution >= 0.6 is 23.4 Å². The van der Waals surface area contributed by atoms with E-state index < -0.39 is 23.3 Å². The van der Waals surface area contributed by atoms with E-state index in [4.69, 9.17) is 16.0 Å². The van der Waals surface area contributed by atoms with Gasteiger partial charge in [-0.3, -0.25) is 9.78 Å². The number of benzene rings is 1. The van der Waals surface area contributed by atoms with Crippen LogP contribution in [0.3, 0.4) is 0 Å². The molecular formula is C16H10ClF3N4O2S. The second kappa shape index (κ2) is 7.97. The average Bonchev–Trinajstić information content (AvgIpc) is 3.10. The molecule has 0 aliphatic carbocycles. The first-order valence-electron chi connectivity index (χ1n) is 7.37. The number of anilines is 1. The summed E-state index contributed by atoms with van der Waals surface area (Å²) < 4.78 is 44.5. The van der Waals surface area contributed by atoms with Crippen LogP contribution in [-0.4, -0.2) is 26.8 Å². The van der Waals surface area contributed by atoms with Crippen molar-refractivity contribution in [1.82, 2.24) is 15.2 Å². The summed E-state index contributed by atoms with van der Waals surface area (Å²) in [5, 5.41) is 9.71. The number of halogens is 4. The number of hydrogen-bond acceptors (Lipinski definition) is 6. The van der Waals surface area contributed by atoms with Crippen molar-refractivity contribution >= 4 is 35.0 Å². The van der Waals surface area contributed by atoms with Gasteiger partial charge in [0, 0.05) is 18.0 Å². The third kappa shape index (κ3) is 4.77. The van der Waals surface area contributed by atoms with Gasteiger partial charge in [-0.25, -0.2) is 0 Å². The molecule has 0 unspecified atom stereocenters. The van der Waals surface area contributed by atoms with E-state index in [0.717, 1.165) is 23.9 Å². The summed E-state index contributed by atoms with van der Waals surface area (Å²) in [6, 6.07) is 6.61. The highest BCUT2D eigenvalue weighted by Gasteiger charge is 2.34. The number of carbonyl (C=O) groups is 1. The molecule has 6 nitrogen and oxygen atoms in total. The number of rotatable bonds is 5. The number of thioether (sulfide) groups is 1. The van der Waals surface area contributed by atoms with E-state index >= 15 is 0 Å². The minimum Gasteiger partial charge on any atom is -0.411 e. The number of amides is 1. The van der Waals surface area contributed by atoms with Crippen molar-refractivity contribution in [2.24, 2.45) is 0 Å². The second-order valence-electron chi connectivity index (χ2n) is 5.11. The Hall–Kier alpha value is -2.59. The molecule has 1 aromatic carbocycles. The zero-order valence-electron chi connectivity index (χ0n) is 13.3. The average molecular weight is 415 g/mol. The van der Waals surface area contributed by atoms with Crippen LogP contribution in [0, 0.1) is 0 Å². The minimum atomic E-state index is -4.65. The summed E-state index contributed by atoms with van der Waals surface area (Å²) in [4.78, 5) is 15.9. The van der Waals surface area contributed by atoms with Gasteiger partial charge in [-0.05, 0) is 24.3 Å². The molecular weight excluding hydrogens is 405 g/mol. The molecule has 11 heteroatoms. The monoisotopic (exact) mass is 414 g/mol. The maximum absolute atomic E-state index is 13.0. The number of nitrogens with one attached hydrogen (secondary N) is 1. The van der Waals surface area contributed by atoms with Gasteiger partial charge in [0.1, 0.15) is 0 Å². The normalized spacial score (nSPS) is 11.4. The zero-order valence-corrected chi connectivity index (χ0v) is 14.9. The molecule has 0 fully saturated rings. The number of carbonyl (C=O) groups excluding carboxylic acids is 1. The number of nitrogens with zero attached hydrogens (tertiary/aromatic N) is 3. The smallest absolute Gasteiger partial charge is 0.411 e. The van der Waals surface area contributed by atoms with Crippen molar-refractivity contribution in [3.8, 4) is 11.5 Å². The van der Waals surface area contributed by atoms with Crippen LogP contribution in [-0.2, 0) is 11.0 Å². The number of aromatic nitrogens is 3. The summed E-state index contributed by atoms with van der Waals surface area (Å²) in [5.74, 6) is -0.687. The lowest BCUT2D eigenvalue weighted by atomic mass is 10.1. The van der Waals surface area contributed by atoms with E-state index in [1.165, 1.54) is 6.07 Å². The standard InChI is InChI=1S/C16H10ClF3N4O2S/c17-11-3-1-2-10(16(18,19)20)13(11)22-12(25)8-27-15-24-23-14(26-15)9-4-6-21-7-5-9/h1-7H,8H2,(H,22,25). The maximum Gasteiger partial charge on any atom is 0.418 e. The van der Waals surface area contributed by atoms with Gasteiger partial charge < -0.3 is 9.73 Å². The zero-order chi connectivity index (χ0) is 19.4. The largest absolute Gasteiger partial charge is 0.418 e. The third-order valence-corrected chi connectivity index (χ3v) is 4.38. The number of para-hydroxylation sites is 1. The Kier molecular flexibility index (Phi) is 5.66. The lowest BCUT2D eigenvalue weighted by molar-refractivity contribution is -0.137. The lowest BCUT2D eigenvalue weighted by Gasteiger charge is -2.14. The van der Waals surface area contributed by atoms with Crippen LogP contribution in [0.5, 0.6) is 0 Å². The fourth-order valence-electron chi connectivity index (χ4n) is 2.07. The van der Waals surface area contributed by atoms with Crippen molar-refractivity contribution in [3.05, 3.63) is 53.3 Å². The molecule has 0 bridgehead atoms. The van der Waals surface area contributed by atoms with E-state index in [0.29, 0.717) is 5.56 Å². The van der Waals surface area contributed by atoms with Gasteiger partial charge in [-0.2, -0.15) is 13.2 Å². The molecule has 0 spiro atoms. The summed E-state index contributed by atoms with van der Waals surface area (Å²) in [6.07, 6.45) is -1.53. The topological polar surface area (TPSA) is 80.9 Å². The van der Waals surface area contributed by atoms with E-state index in [1.54, 1.807) is 24.5 Å². The molecule has 2 aromatic heterocycles. The molecule has 0 aliphatic rings. The molecule has 0 radical (unpaired) electrons. The predicted octanol–water partition coefficient (Wildman–Crippen LogP) is 4.53. The summed E-state index contributed by atoms with van der Waals surface area (Å²) in [5.41, 5.74) is -0.855. The van der Waals surface area contributed by atoms with E-state index in [1.807, 2.05) is 0 Å². The Morgan fingerprint density at radius 3 is 2.63 bits per heavy atom. The quantitative estimate of drug-likeness (QED) is 0.617. The van der Waals surface area contributed by atoms with Gasteiger partial charge in [0.15, 0.2) is 0 Å². The Morgan fingerprint density at radius 2 is 1.93 bits per heavy atom. The van der Waals surface area contributed by atoms with Gasteiger partial charge in [-0.1, -0.05) is 29.4 Å². The van der Waals surface area contributed by atoms with Crippen molar-refractivity contribution < 1.29 is 22.4 Å². The molecule has 0 saturated heterocycles. The molecule has 0 saturated carbocycles. The predicted molar refractivity (Wildman–Crippen MR) is 93.3 cm³/mol. The van der Waals surface area contributed by atoms with Crippen LogP contribution in [0.2, 0.25) is 5.02 Å². The highest BCUT2D eigenvalue weighted by Crippen LogP contribution is 2.38. The summed E-state index contributed by atoms with van der Waals surface area (Å²) in [7, 11) is 0. The van der Waals surface area contributed by atoms with Gasteiger partial charge in [-0.15, -0.1) is 10.2 Å². The Balaban J connectivity index is 1.66. The first-order chi connectivity index (χ1) is 12.8. The first-order valence-corrected chi connectivity index (χ1v) is 8.73. The van der Waals surface area contributed by atoms with Crippen molar-refractivity contribution in [3.63, 3.8) is 0 Å². The summed E-state index contributed by atoms with van der Waals surface area (Å²) in [6.45, 7) is 0. The molecule has 2 heterocycles. The molecule has 0 aliphatic heterocycles. The van der Waals surface area contributed by atoms with Gasteiger partial charge in [0.2, 0.25) is 11.8 Å². The second-order valence-corrected chi connectivity index (χ2v) is 6.44. The van der Waals surface area contributed by atoms with Crippen LogP contribution < -0.4 is 5.32 Å². The molecule has 3 aromatic rings. The van der Waals surface area contributed by atoms with Gasteiger partial charge >= 0.3 is 6.18 Å². The van der Waals surface area contributed by atoms with Crippen LogP contribution in [0.4, 0.5) is 18.9 Å². The van der Waals surface area contributed by atoms with Crippen LogP contribution in [0.25, 0.3) is 11.5 Å². The summed E-state index contributed by atoms with van der Waals surface area (Å²) >= 11 is 6.69. The molecule has 1 N–H and O–H groups in total. The SMILES string of the molecule is O=C(CSc1nnc(-c2ccncc2)o1)Nc1c(Cl)cccc1C(F)(F)F. The van der Waals surface area contributed by atoms with E-state index in [2.05, 4.69) is 20.5 Å². The van der Waals surface area contributed by atoms with Crippen LogP contribution in [0.15, 0.2) is 52.4 Å². The molecule has 1 amide bonds. The van der Waals surface area contributed by atoms with Gasteiger partial charge in [0.25, 0.3) is 5.22 Å². The van der Waals surface area contributed by atoms with Crippen molar-refractivity contribution in [2.45, 2.75) is 11.4 Å². The highest BCUT2D eigenvalue weighted by molar-refractivity contribution is 7.99. The minimum absolute atomic E-state index is 0.104. The van der Waals surface area contributed by atoms with E-state index in [9.17, 15) is 18.0 Å². The van der Waals surface area contributed by atoms with E-state index in [-0.39, 0.29) is 21.9 Å². The fraction of sp³-hybridized carbons (Fsp3) is 0.125. The van der Waals surface area contributed by atoms with Crippen molar-refractivity contribution in [2.75, 3.05) is 11.1 Å². The molecule has 27 heavy (non-hydrogen) atoms. The third-order valence-electron chi connectivity index (χ3n) is 3.24. The molecule has 0 atom stereocenters. The van der Waals surface area contributed by atoms with Gasteiger partial charge in [0.05, 0.1) is 22.0 Å². The first kappa shape index (κ1) is 19.2. The Labute approximate surface area is 160 Å². The molecule has 3 rings (SSSR count). The number of hydrogen-bond donors (Lipinski definition) is 1. The van der Waals surface area contributed by atoms with Crippen LogP contribution in [0.1, 0.15) is 5.56 Å².